The molecule has 0 bridgehead atoms. The summed E-state index contributed by atoms with van der Waals surface area (Å²) < 4.78 is 33.5. The molecule has 0 radical (unpaired) electrons. The molecule has 2 aliphatic heterocycles. The molecule has 0 N–H and O–H groups in total. The molecule has 4 rings (SSSR count). The van der Waals surface area contributed by atoms with Gasteiger partial charge in [0.1, 0.15) is 0 Å². The molecule has 0 unspecified atom stereocenters. The molecule has 10 heteroatoms. The smallest absolute Gasteiger partial charge is 0.314 e. The standard InChI is InChI=1S/C18H21FN4O5/c1-21-11-12(10-20-21)13-9-14(23(24)25)17(26-2)15(19)16(13)22-5-3-18(4-6-22)27-7-8-28-18/h9-11H,3-8H2,1-2H3. The Morgan fingerprint density at radius 2 is 2.00 bits per heavy atom. The number of nitrogens with zero attached hydrogens (tertiary/aromatic N) is 4. The van der Waals surface area contributed by atoms with Crippen molar-refractivity contribution in [2.75, 3.05) is 38.3 Å². The maximum atomic E-state index is 15.4. The lowest BCUT2D eigenvalue weighted by atomic mass is 9.99. The molecule has 2 aliphatic rings. The Balaban J connectivity index is 1.79. The Morgan fingerprint density at radius 1 is 1.32 bits per heavy atom. The summed E-state index contributed by atoms with van der Waals surface area (Å²) in [6.07, 6.45) is 4.42. The highest BCUT2D eigenvalue weighted by Gasteiger charge is 2.41. The number of ether oxygens (including phenoxy) is 3. The molecule has 0 aliphatic carbocycles. The lowest BCUT2D eigenvalue weighted by molar-refractivity contribution is -0.385. The number of piperidine rings is 1. The van der Waals surface area contributed by atoms with Crippen LogP contribution in [0.15, 0.2) is 18.5 Å². The van der Waals surface area contributed by atoms with Crippen LogP contribution in [0.1, 0.15) is 12.8 Å². The van der Waals surface area contributed by atoms with Crippen LogP contribution in [-0.4, -0.2) is 53.9 Å². The van der Waals surface area contributed by atoms with Crippen molar-refractivity contribution in [1.29, 1.82) is 0 Å². The van der Waals surface area contributed by atoms with Gasteiger partial charge >= 0.3 is 5.69 Å². The van der Waals surface area contributed by atoms with Gasteiger partial charge in [0.2, 0.25) is 5.75 Å². The molecule has 2 fully saturated rings. The van der Waals surface area contributed by atoms with Crippen molar-refractivity contribution in [3.05, 3.63) is 34.4 Å². The first-order chi connectivity index (χ1) is 13.4. The van der Waals surface area contributed by atoms with Crippen molar-refractivity contribution in [3.63, 3.8) is 0 Å². The number of hydrogen-bond acceptors (Lipinski definition) is 7. The third-order valence-electron chi connectivity index (χ3n) is 5.25. The summed E-state index contributed by atoms with van der Waals surface area (Å²) in [5, 5.41) is 15.6. The molecule has 2 saturated heterocycles. The second-order valence-corrected chi connectivity index (χ2v) is 6.89. The first-order valence-electron chi connectivity index (χ1n) is 9.01. The number of rotatable bonds is 4. The number of benzene rings is 1. The van der Waals surface area contributed by atoms with Crippen molar-refractivity contribution in [2.45, 2.75) is 18.6 Å². The van der Waals surface area contributed by atoms with E-state index in [1.807, 2.05) is 4.90 Å². The Morgan fingerprint density at radius 3 is 2.54 bits per heavy atom. The van der Waals surface area contributed by atoms with Gasteiger partial charge in [-0.2, -0.15) is 5.10 Å². The number of halogens is 1. The fourth-order valence-electron chi connectivity index (χ4n) is 3.88. The summed E-state index contributed by atoms with van der Waals surface area (Å²) in [6, 6.07) is 1.35. The zero-order valence-corrected chi connectivity index (χ0v) is 15.7. The van der Waals surface area contributed by atoms with Gasteiger partial charge in [0, 0.05) is 56.4 Å². The van der Waals surface area contributed by atoms with Crippen molar-refractivity contribution >= 4 is 11.4 Å². The van der Waals surface area contributed by atoms with Crippen LogP contribution in [0.2, 0.25) is 0 Å². The molecule has 0 atom stereocenters. The van der Waals surface area contributed by atoms with Gasteiger partial charge in [0.15, 0.2) is 11.6 Å². The first-order valence-corrected chi connectivity index (χ1v) is 9.01. The average Bonchev–Trinajstić information content (AvgIpc) is 3.31. The second-order valence-electron chi connectivity index (χ2n) is 6.89. The molecule has 1 spiro atoms. The molecule has 9 nitrogen and oxygen atoms in total. The summed E-state index contributed by atoms with van der Waals surface area (Å²) >= 11 is 0. The molecular formula is C18H21FN4O5. The minimum absolute atomic E-state index is 0.267. The lowest BCUT2D eigenvalue weighted by Gasteiger charge is -2.39. The molecule has 2 aromatic rings. The highest BCUT2D eigenvalue weighted by molar-refractivity contribution is 5.83. The van der Waals surface area contributed by atoms with E-state index in [-0.39, 0.29) is 11.4 Å². The highest BCUT2D eigenvalue weighted by Crippen LogP contribution is 2.45. The van der Waals surface area contributed by atoms with Crippen LogP contribution in [0.5, 0.6) is 5.75 Å². The van der Waals surface area contributed by atoms with Gasteiger partial charge in [0.05, 0.1) is 37.1 Å². The fraction of sp³-hybridized carbons (Fsp3) is 0.500. The molecule has 0 saturated carbocycles. The topological polar surface area (TPSA) is 91.9 Å². The van der Waals surface area contributed by atoms with Crippen LogP contribution in [0.25, 0.3) is 11.1 Å². The van der Waals surface area contributed by atoms with Gasteiger partial charge in [-0.25, -0.2) is 4.39 Å². The Hall–Kier alpha value is -2.72. The van der Waals surface area contributed by atoms with Crippen LogP contribution < -0.4 is 9.64 Å². The van der Waals surface area contributed by atoms with E-state index in [1.54, 1.807) is 24.1 Å². The quantitative estimate of drug-likeness (QED) is 0.583. The number of nitro groups is 1. The van der Waals surface area contributed by atoms with Crippen LogP contribution in [-0.2, 0) is 16.5 Å². The minimum atomic E-state index is -0.750. The van der Waals surface area contributed by atoms with Gasteiger partial charge in [-0.3, -0.25) is 14.8 Å². The van der Waals surface area contributed by atoms with E-state index in [9.17, 15) is 10.1 Å². The number of aryl methyl sites for hydroxylation is 1. The number of methoxy groups -OCH3 is 1. The van der Waals surface area contributed by atoms with Gasteiger partial charge in [-0.1, -0.05) is 0 Å². The van der Waals surface area contributed by atoms with Gasteiger partial charge in [-0.15, -0.1) is 0 Å². The zero-order valence-electron chi connectivity index (χ0n) is 15.7. The Bertz CT molecular complexity index is 900. The van der Waals surface area contributed by atoms with Crippen molar-refractivity contribution in [3.8, 4) is 16.9 Å². The monoisotopic (exact) mass is 392 g/mol. The summed E-state index contributed by atoms with van der Waals surface area (Å²) in [5.74, 6) is -1.73. The lowest BCUT2D eigenvalue weighted by Crippen LogP contribution is -2.45. The number of aromatic nitrogens is 2. The molecule has 150 valence electrons. The molecular weight excluding hydrogens is 371 g/mol. The number of anilines is 1. The summed E-state index contributed by atoms with van der Waals surface area (Å²) in [6.45, 7) is 2.09. The minimum Gasteiger partial charge on any atom is -0.488 e. The normalized spacial score (nSPS) is 18.6. The van der Waals surface area contributed by atoms with Crippen LogP contribution in [0, 0.1) is 15.9 Å². The van der Waals surface area contributed by atoms with E-state index in [4.69, 9.17) is 14.2 Å². The summed E-state index contributed by atoms with van der Waals surface area (Å²) in [4.78, 5) is 12.7. The van der Waals surface area contributed by atoms with Crippen LogP contribution in [0.4, 0.5) is 15.8 Å². The zero-order chi connectivity index (χ0) is 19.9. The SMILES string of the molecule is COc1c([N+](=O)[O-])cc(-c2cnn(C)c2)c(N2CCC3(CC2)OCCO3)c1F. The maximum absolute atomic E-state index is 15.4. The van der Waals surface area contributed by atoms with E-state index in [0.717, 1.165) is 0 Å². The maximum Gasteiger partial charge on any atom is 0.314 e. The van der Waals surface area contributed by atoms with Gasteiger partial charge in [0.25, 0.3) is 0 Å². The van der Waals surface area contributed by atoms with E-state index in [2.05, 4.69) is 5.10 Å². The largest absolute Gasteiger partial charge is 0.488 e. The third-order valence-corrected chi connectivity index (χ3v) is 5.25. The van der Waals surface area contributed by atoms with Crippen LogP contribution in [0.3, 0.4) is 0 Å². The molecule has 0 amide bonds. The van der Waals surface area contributed by atoms with E-state index in [0.29, 0.717) is 50.3 Å². The van der Waals surface area contributed by atoms with Gasteiger partial charge < -0.3 is 19.1 Å². The van der Waals surface area contributed by atoms with Crippen molar-refractivity contribution in [2.24, 2.45) is 7.05 Å². The molecule has 28 heavy (non-hydrogen) atoms. The molecule has 1 aromatic heterocycles. The van der Waals surface area contributed by atoms with E-state index >= 15 is 4.39 Å². The summed E-state index contributed by atoms with van der Waals surface area (Å²) in [7, 11) is 2.96. The van der Waals surface area contributed by atoms with E-state index < -0.39 is 22.2 Å². The Labute approximate surface area is 160 Å². The van der Waals surface area contributed by atoms with Crippen molar-refractivity contribution < 1.29 is 23.5 Å². The predicted molar refractivity (Wildman–Crippen MR) is 97.9 cm³/mol. The van der Waals surface area contributed by atoms with Crippen LogP contribution >= 0.6 is 0 Å². The van der Waals surface area contributed by atoms with E-state index in [1.165, 1.54) is 13.2 Å². The molecule has 1 aromatic carbocycles. The number of hydrogen-bond donors (Lipinski definition) is 0. The first kappa shape index (κ1) is 18.6. The summed E-state index contributed by atoms with van der Waals surface area (Å²) in [5.41, 5.74) is 0.847. The highest BCUT2D eigenvalue weighted by atomic mass is 19.1. The number of nitro benzene ring substituents is 1. The Kier molecular flexibility index (Phi) is 4.68. The molecule has 3 heterocycles. The predicted octanol–water partition coefficient (Wildman–Crippen LogP) is 2.49. The second kappa shape index (κ2) is 7.02. The van der Waals surface area contributed by atoms with Crippen molar-refractivity contribution in [1.82, 2.24) is 9.78 Å². The van der Waals surface area contributed by atoms with Gasteiger partial charge in [-0.05, 0) is 0 Å². The third kappa shape index (κ3) is 3.08. The average molecular weight is 392 g/mol. The fourth-order valence-corrected chi connectivity index (χ4v) is 3.88.